The van der Waals surface area contributed by atoms with E-state index >= 15 is 0 Å². The first-order valence-electron chi connectivity index (χ1n) is 7.95. The number of nitro groups is 1. The Kier molecular flexibility index (Phi) is 6.14. The lowest BCUT2D eigenvalue weighted by molar-refractivity contribution is -0.384. The van der Waals surface area contributed by atoms with Gasteiger partial charge in [0.15, 0.2) is 0 Å². The largest absolute Gasteiger partial charge is 0.356 e. The number of likely N-dealkylation sites (tertiary alicyclic amines) is 1. The molecular formula is C16H20ClN3O4. The highest BCUT2D eigenvalue weighted by molar-refractivity contribution is 6.34. The molecule has 1 heterocycles. The molecule has 2 rings (SSSR count). The summed E-state index contributed by atoms with van der Waals surface area (Å²) in [6.45, 7) is 3.60. The van der Waals surface area contributed by atoms with Crippen LogP contribution in [0.1, 0.15) is 36.5 Å². The van der Waals surface area contributed by atoms with Gasteiger partial charge in [0.05, 0.1) is 15.5 Å². The number of nitro benzene ring substituents is 1. The van der Waals surface area contributed by atoms with Gasteiger partial charge in [-0.25, -0.2) is 0 Å². The Bertz CT molecular complexity index is 642. The van der Waals surface area contributed by atoms with Crippen molar-refractivity contribution in [2.75, 3.05) is 19.6 Å². The van der Waals surface area contributed by atoms with Crippen LogP contribution in [0.3, 0.4) is 0 Å². The van der Waals surface area contributed by atoms with E-state index in [-0.39, 0.29) is 34.0 Å². The number of carbonyl (C=O) groups is 2. The number of hydrogen-bond acceptors (Lipinski definition) is 4. The maximum atomic E-state index is 12.5. The fourth-order valence-electron chi connectivity index (χ4n) is 2.70. The number of hydrogen-bond donors (Lipinski definition) is 1. The molecule has 130 valence electrons. The van der Waals surface area contributed by atoms with Gasteiger partial charge in [-0.1, -0.05) is 18.5 Å². The first-order valence-corrected chi connectivity index (χ1v) is 8.32. The Hall–Kier alpha value is -2.15. The van der Waals surface area contributed by atoms with Gasteiger partial charge >= 0.3 is 0 Å². The van der Waals surface area contributed by atoms with E-state index in [2.05, 4.69) is 5.32 Å². The molecule has 7 nitrogen and oxygen atoms in total. The molecule has 0 aromatic heterocycles. The smallest absolute Gasteiger partial charge is 0.270 e. The lowest BCUT2D eigenvalue weighted by Gasteiger charge is -2.31. The molecule has 0 spiro atoms. The normalized spacial score (nSPS) is 15.2. The van der Waals surface area contributed by atoms with Crippen molar-refractivity contribution in [3.8, 4) is 0 Å². The number of rotatable bonds is 5. The molecule has 1 fully saturated rings. The van der Waals surface area contributed by atoms with Crippen LogP contribution in [0.4, 0.5) is 5.69 Å². The number of nitrogens with zero attached hydrogens (tertiary/aromatic N) is 2. The van der Waals surface area contributed by atoms with Gasteiger partial charge in [0.25, 0.3) is 11.6 Å². The van der Waals surface area contributed by atoms with Crippen LogP contribution in [-0.4, -0.2) is 41.3 Å². The van der Waals surface area contributed by atoms with Crippen LogP contribution >= 0.6 is 11.6 Å². The lowest BCUT2D eigenvalue weighted by atomic mass is 9.95. The third-order valence-electron chi connectivity index (χ3n) is 4.10. The van der Waals surface area contributed by atoms with Crippen molar-refractivity contribution in [2.24, 2.45) is 5.92 Å². The average molecular weight is 354 g/mol. The number of amides is 2. The minimum absolute atomic E-state index is 0.0392. The van der Waals surface area contributed by atoms with E-state index in [1.807, 2.05) is 6.92 Å². The van der Waals surface area contributed by atoms with Crippen molar-refractivity contribution in [1.29, 1.82) is 0 Å². The van der Waals surface area contributed by atoms with Crippen LogP contribution in [-0.2, 0) is 4.79 Å². The van der Waals surface area contributed by atoms with Gasteiger partial charge in [-0.2, -0.15) is 0 Å². The van der Waals surface area contributed by atoms with Gasteiger partial charge in [0.2, 0.25) is 5.91 Å². The molecular weight excluding hydrogens is 334 g/mol. The Labute approximate surface area is 145 Å². The van der Waals surface area contributed by atoms with Crippen LogP contribution in [0, 0.1) is 16.0 Å². The molecule has 1 aliphatic rings. The summed E-state index contributed by atoms with van der Waals surface area (Å²) in [7, 11) is 0. The van der Waals surface area contributed by atoms with Crippen LogP contribution in [0.15, 0.2) is 18.2 Å². The summed E-state index contributed by atoms with van der Waals surface area (Å²) in [6.07, 6.45) is 2.10. The molecule has 1 aromatic carbocycles. The maximum Gasteiger partial charge on any atom is 0.270 e. The fraction of sp³-hybridized carbons (Fsp3) is 0.500. The molecule has 1 N–H and O–H groups in total. The molecule has 2 amide bonds. The molecule has 0 aliphatic carbocycles. The molecule has 8 heteroatoms. The third kappa shape index (κ3) is 4.23. The molecule has 0 radical (unpaired) electrons. The summed E-state index contributed by atoms with van der Waals surface area (Å²) in [5.41, 5.74) is 0.0963. The van der Waals surface area contributed by atoms with Crippen molar-refractivity contribution >= 4 is 29.1 Å². The number of piperidine rings is 1. The average Bonchev–Trinajstić information content (AvgIpc) is 2.59. The number of non-ortho nitro benzene ring substituents is 1. The van der Waals surface area contributed by atoms with Gasteiger partial charge in [0.1, 0.15) is 0 Å². The molecule has 0 bridgehead atoms. The topological polar surface area (TPSA) is 92.6 Å². The van der Waals surface area contributed by atoms with E-state index in [4.69, 9.17) is 11.6 Å². The molecule has 0 saturated carbocycles. The summed E-state index contributed by atoms with van der Waals surface area (Å²) < 4.78 is 0. The Morgan fingerprint density at radius 1 is 1.38 bits per heavy atom. The Morgan fingerprint density at radius 3 is 2.58 bits per heavy atom. The zero-order valence-corrected chi connectivity index (χ0v) is 14.2. The monoisotopic (exact) mass is 353 g/mol. The van der Waals surface area contributed by atoms with E-state index in [0.717, 1.165) is 6.42 Å². The van der Waals surface area contributed by atoms with Gasteiger partial charge in [0, 0.05) is 37.7 Å². The maximum absolute atomic E-state index is 12.5. The van der Waals surface area contributed by atoms with Gasteiger partial charge < -0.3 is 10.2 Å². The second kappa shape index (κ2) is 8.10. The summed E-state index contributed by atoms with van der Waals surface area (Å²) in [6, 6.07) is 3.83. The zero-order chi connectivity index (χ0) is 17.7. The second-order valence-electron chi connectivity index (χ2n) is 5.78. The van der Waals surface area contributed by atoms with E-state index in [9.17, 15) is 19.7 Å². The first-order chi connectivity index (χ1) is 11.4. The van der Waals surface area contributed by atoms with Crippen LogP contribution in [0.2, 0.25) is 5.02 Å². The third-order valence-corrected chi connectivity index (χ3v) is 4.41. The molecule has 1 aromatic rings. The van der Waals surface area contributed by atoms with Crippen molar-refractivity contribution in [1.82, 2.24) is 10.2 Å². The van der Waals surface area contributed by atoms with E-state index in [1.54, 1.807) is 4.90 Å². The molecule has 1 aliphatic heterocycles. The lowest BCUT2D eigenvalue weighted by Crippen LogP contribution is -2.43. The van der Waals surface area contributed by atoms with Crippen molar-refractivity contribution in [3.63, 3.8) is 0 Å². The minimum Gasteiger partial charge on any atom is -0.356 e. The highest BCUT2D eigenvalue weighted by Crippen LogP contribution is 2.26. The van der Waals surface area contributed by atoms with E-state index in [1.165, 1.54) is 18.2 Å². The summed E-state index contributed by atoms with van der Waals surface area (Å²) in [5, 5.41) is 13.7. The molecule has 24 heavy (non-hydrogen) atoms. The Balaban J connectivity index is 1.98. The number of carbonyl (C=O) groups excluding carboxylic acids is 2. The highest BCUT2D eigenvalue weighted by atomic mass is 35.5. The summed E-state index contributed by atoms with van der Waals surface area (Å²) >= 11 is 6.01. The minimum atomic E-state index is -0.555. The number of halogens is 1. The van der Waals surface area contributed by atoms with Gasteiger partial charge in [-0.3, -0.25) is 19.7 Å². The van der Waals surface area contributed by atoms with Crippen molar-refractivity contribution < 1.29 is 14.5 Å². The fourth-order valence-corrected chi connectivity index (χ4v) is 2.95. The SMILES string of the molecule is CCCNC(=O)C1CCN(C(=O)c2ccc([N+](=O)[O-])cc2Cl)CC1. The second-order valence-corrected chi connectivity index (χ2v) is 6.19. The number of benzene rings is 1. The molecule has 0 unspecified atom stereocenters. The molecule has 1 saturated heterocycles. The Morgan fingerprint density at radius 2 is 2.04 bits per heavy atom. The van der Waals surface area contributed by atoms with Crippen molar-refractivity contribution in [2.45, 2.75) is 26.2 Å². The van der Waals surface area contributed by atoms with E-state index < -0.39 is 4.92 Å². The van der Waals surface area contributed by atoms with Gasteiger partial charge in [-0.05, 0) is 25.3 Å². The van der Waals surface area contributed by atoms with Crippen LogP contribution in [0.25, 0.3) is 0 Å². The predicted molar refractivity (Wildman–Crippen MR) is 90.0 cm³/mol. The van der Waals surface area contributed by atoms with Gasteiger partial charge in [-0.15, -0.1) is 0 Å². The van der Waals surface area contributed by atoms with Crippen molar-refractivity contribution in [3.05, 3.63) is 38.9 Å². The zero-order valence-electron chi connectivity index (χ0n) is 13.5. The van der Waals surface area contributed by atoms with Crippen LogP contribution in [0.5, 0.6) is 0 Å². The highest BCUT2D eigenvalue weighted by Gasteiger charge is 2.28. The first kappa shape index (κ1) is 18.2. The number of nitrogens with one attached hydrogen (secondary N) is 1. The standard InChI is InChI=1S/C16H20ClN3O4/c1-2-7-18-15(21)11-5-8-19(9-6-11)16(22)13-4-3-12(20(23)24)10-14(13)17/h3-4,10-11H,2,5-9H2,1H3,(H,18,21). The summed E-state index contributed by atoms with van der Waals surface area (Å²) in [4.78, 5) is 36.3. The predicted octanol–water partition coefficient (Wildman–Crippen LogP) is 2.63. The van der Waals surface area contributed by atoms with Crippen LogP contribution < -0.4 is 5.32 Å². The van der Waals surface area contributed by atoms with E-state index in [0.29, 0.717) is 32.5 Å². The summed E-state index contributed by atoms with van der Waals surface area (Å²) in [5.74, 6) is -0.299. The molecule has 0 atom stereocenters. The quantitative estimate of drug-likeness (QED) is 0.650.